The highest BCUT2D eigenvalue weighted by Crippen LogP contribution is 2.23. The quantitative estimate of drug-likeness (QED) is 0.371. The standard InChI is InChI=1S/C22H35N/c1-10-12-18(7)13-19(8)14-21(22(11-2)16(3)4)15-20(9)23-17(5)6/h11-12,14-15,20,23H,3,5,10,13H2,1-2,4,6-9H3/b18-12-,19-14+,21-15-,22-11-. The van der Waals surface area contributed by atoms with Gasteiger partial charge >= 0.3 is 0 Å². The molecule has 1 atom stereocenters. The van der Waals surface area contributed by atoms with E-state index in [1.165, 1.54) is 22.3 Å². The second-order valence-corrected chi connectivity index (χ2v) is 6.44. The van der Waals surface area contributed by atoms with Crippen molar-refractivity contribution in [3.8, 4) is 0 Å². The highest BCUT2D eigenvalue weighted by Gasteiger charge is 2.07. The van der Waals surface area contributed by atoms with E-state index in [0.717, 1.165) is 24.1 Å². The normalized spacial score (nSPS) is 15.4. The largest absolute Gasteiger partial charge is 0.383 e. The summed E-state index contributed by atoms with van der Waals surface area (Å²) in [5, 5.41) is 3.36. The summed E-state index contributed by atoms with van der Waals surface area (Å²) < 4.78 is 0. The lowest BCUT2D eigenvalue weighted by molar-refractivity contribution is 0.728. The van der Waals surface area contributed by atoms with Crippen LogP contribution in [0.1, 0.15) is 61.3 Å². The molecular formula is C22H35N. The fourth-order valence-corrected chi connectivity index (χ4v) is 2.75. The average molecular weight is 314 g/mol. The molecule has 0 amide bonds. The van der Waals surface area contributed by atoms with Crippen molar-refractivity contribution in [1.29, 1.82) is 0 Å². The van der Waals surface area contributed by atoms with Crippen LogP contribution in [-0.2, 0) is 0 Å². The Morgan fingerprint density at radius 2 is 1.70 bits per heavy atom. The predicted octanol–water partition coefficient (Wildman–Crippen LogP) is 6.64. The molecule has 1 N–H and O–H groups in total. The smallest absolute Gasteiger partial charge is 0.0421 e. The van der Waals surface area contributed by atoms with Gasteiger partial charge in [-0.05, 0) is 65.5 Å². The van der Waals surface area contributed by atoms with Crippen LogP contribution in [0.15, 0.2) is 71.0 Å². The van der Waals surface area contributed by atoms with Gasteiger partial charge in [-0.2, -0.15) is 0 Å². The SMILES string of the molecule is C=C(C)NC(C)/C=C(/C=C(\C)C/C(C)=C\CC)C(=C/C)\C(=C)C. The molecule has 0 spiro atoms. The van der Waals surface area contributed by atoms with Crippen molar-refractivity contribution in [3.63, 3.8) is 0 Å². The zero-order valence-electron chi connectivity index (χ0n) is 16.2. The van der Waals surface area contributed by atoms with Crippen molar-refractivity contribution in [3.05, 3.63) is 71.0 Å². The highest BCUT2D eigenvalue weighted by molar-refractivity contribution is 5.51. The second kappa shape index (κ2) is 10.9. The van der Waals surface area contributed by atoms with Crippen molar-refractivity contribution in [2.75, 3.05) is 0 Å². The van der Waals surface area contributed by atoms with E-state index in [1.807, 2.05) is 6.92 Å². The summed E-state index contributed by atoms with van der Waals surface area (Å²) in [5.41, 5.74) is 7.28. The summed E-state index contributed by atoms with van der Waals surface area (Å²) in [6.45, 7) is 22.9. The van der Waals surface area contributed by atoms with Gasteiger partial charge in [0, 0.05) is 11.7 Å². The summed E-state index contributed by atoms with van der Waals surface area (Å²) in [4.78, 5) is 0. The molecule has 0 bridgehead atoms. The van der Waals surface area contributed by atoms with Crippen LogP contribution in [-0.4, -0.2) is 6.04 Å². The lowest BCUT2D eigenvalue weighted by Gasteiger charge is -2.16. The minimum Gasteiger partial charge on any atom is -0.383 e. The predicted molar refractivity (Wildman–Crippen MR) is 106 cm³/mol. The van der Waals surface area contributed by atoms with Crippen molar-refractivity contribution < 1.29 is 0 Å². The molecule has 0 aliphatic rings. The van der Waals surface area contributed by atoms with Crippen LogP contribution in [0, 0.1) is 0 Å². The van der Waals surface area contributed by atoms with Crippen molar-refractivity contribution in [1.82, 2.24) is 5.32 Å². The van der Waals surface area contributed by atoms with Gasteiger partial charge in [-0.3, -0.25) is 0 Å². The molecule has 0 aromatic carbocycles. The topological polar surface area (TPSA) is 12.0 Å². The van der Waals surface area contributed by atoms with E-state index in [0.29, 0.717) is 0 Å². The Morgan fingerprint density at radius 1 is 1.09 bits per heavy atom. The third-order valence-electron chi connectivity index (χ3n) is 3.48. The molecule has 0 aromatic heterocycles. The molecule has 0 aliphatic heterocycles. The third-order valence-corrected chi connectivity index (χ3v) is 3.48. The Morgan fingerprint density at radius 3 is 2.13 bits per heavy atom. The van der Waals surface area contributed by atoms with Gasteiger partial charge in [0.1, 0.15) is 0 Å². The first kappa shape index (κ1) is 21.2. The van der Waals surface area contributed by atoms with E-state index in [1.54, 1.807) is 0 Å². The van der Waals surface area contributed by atoms with Gasteiger partial charge in [0.15, 0.2) is 0 Å². The van der Waals surface area contributed by atoms with Crippen molar-refractivity contribution >= 4 is 0 Å². The number of allylic oxidation sites excluding steroid dienone is 9. The van der Waals surface area contributed by atoms with E-state index < -0.39 is 0 Å². The van der Waals surface area contributed by atoms with E-state index in [4.69, 9.17) is 0 Å². The molecule has 128 valence electrons. The summed E-state index contributed by atoms with van der Waals surface area (Å²) in [5.74, 6) is 0. The van der Waals surface area contributed by atoms with Crippen LogP contribution >= 0.6 is 0 Å². The maximum atomic E-state index is 4.13. The number of rotatable bonds is 9. The van der Waals surface area contributed by atoms with Crippen LogP contribution in [0.3, 0.4) is 0 Å². The van der Waals surface area contributed by atoms with Crippen LogP contribution < -0.4 is 5.32 Å². The van der Waals surface area contributed by atoms with Gasteiger partial charge in [-0.15, -0.1) is 0 Å². The van der Waals surface area contributed by atoms with Crippen LogP contribution in [0.2, 0.25) is 0 Å². The second-order valence-electron chi connectivity index (χ2n) is 6.44. The number of hydrogen-bond acceptors (Lipinski definition) is 1. The van der Waals surface area contributed by atoms with Gasteiger partial charge in [0.05, 0.1) is 0 Å². The molecule has 0 aliphatic carbocycles. The fourth-order valence-electron chi connectivity index (χ4n) is 2.75. The van der Waals surface area contributed by atoms with E-state index in [9.17, 15) is 0 Å². The molecule has 0 aromatic rings. The van der Waals surface area contributed by atoms with Gasteiger partial charge in [-0.25, -0.2) is 0 Å². The zero-order chi connectivity index (χ0) is 18.0. The zero-order valence-corrected chi connectivity index (χ0v) is 16.2. The first-order valence-corrected chi connectivity index (χ1v) is 8.50. The molecule has 1 unspecified atom stereocenters. The van der Waals surface area contributed by atoms with Gasteiger partial charge in [0.25, 0.3) is 0 Å². The Balaban J connectivity index is 5.60. The molecule has 0 heterocycles. The molecule has 0 fully saturated rings. The molecule has 0 saturated carbocycles. The van der Waals surface area contributed by atoms with Gasteiger partial charge in [-0.1, -0.05) is 61.1 Å². The van der Waals surface area contributed by atoms with Crippen LogP contribution in [0.4, 0.5) is 0 Å². The highest BCUT2D eigenvalue weighted by atomic mass is 14.9. The summed E-state index contributed by atoms with van der Waals surface area (Å²) in [6, 6.07) is 0.230. The number of hydrogen-bond donors (Lipinski definition) is 1. The average Bonchev–Trinajstić information content (AvgIpc) is 2.37. The van der Waals surface area contributed by atoms with E-state index in [-0.39, 0.29) is 6.04 Å². The first-order chi connectivity index (χ1) is 10.7. The Labute approximate surface area is 144 Å². The van der Waals surface area contributed by atoms with Gasteiger partial charge in [0.2, 0.25) is 0 Å². The third kappa shape index (κ3) is 9.07. The summed E-state index contributed by atoms with van der Waals surface area (Å²) in [6.07, 6.45) is 11.1. The Kier molecular flexibility index (Phi) is 10.0. The van der Waals surface area contributed by atoms with Crippen molar-refractivity contribution in [2.24, 2.45) is 0 Å². The minimum absolute atomic E-state index is 0.230. The van der Waals surface area contributed by atoms with Crippen LogP contribution in [0.25, 0.3) is 0 Å². The van der Waals surface area contributed by atoms with Gasteiger partial charge < -0.3 is 5.32 Å². The van der Waals surface area contributed by atoms with Crippen molar-refractivity contribution in [2.45, 2.75) is 67.3 Å². The molecular weight excluding hydrogens is 278 g/mol. The lowest BCUT2D eigenvalue weighted by Crippen LogP contribution is -2.21. The molecule has 0 saturated heterocycles. The summed E-state index contributed by atoms with van der Waals surface area (Å²) in [7, 11) is 0. The van der Waals surface area contributed by atoms with E-state index in [2.05, 4.69) is 84.3 Å². The fraction of sp³-hybridized carbons (Fsp3) is 0.455. The molecule has 0 rings (SSSR count). The van der Waals surface area contributed by atoms with E-state index >= 15 is 0 Å². The maximum Gasteiger partial charge on any atom is 0.0421 e. The maximum absolute atomic E-state index is 4.13. The Hall–Kier alpha value is -1.76. The minimum atomic E-state index is 0.230. The summed E-state index contributed by atoms with van der Waals surface area (Å²) >= 11 is 0. The molecule has 0 radical (unpaired) electrons. The molecule has 1 nitrogen and oxygen atoms in total. The Bertz CT molecular complexity index is 538. The lowest BCUT2D eigenvalue weighted by atomic mass is 9.94. The monoisotopic (exact) mass is 313 g/mol. The molecule has 23 heavy (non-hydrogen) atoms. The first-order valence-electron chi connectivity index (χ1n) is 8.50. The molecule has 1 heteroatoms. The number of nitrogens with one attached hydrogen (secondary N) is 1. The van der Waals surface area contributed by atoms with Crippen LogP contribution in [0.5, 0.6) is 0 Å².